The molecule has 70 valence electrons. The van der Waals surface area contributed by atoms with Gasteiger partial charge in [-0.1, -0.05) is 12.1 Å². The number of phenolic OH excluding ortho intramolecular Hbond substituents is 1. The first-order valence-corrected chi connectivity index (χ1v) is 3.70. The molecule has 0 aliphatic heterocycles. The maximum Gasteiger partial charge on any atom is 0.146 e. The molecule has 1 aromatic rings. The molecule has 2 atom stereocenters. The number of ketones is 1. The lowest BCUT2D eigenvalue weighted by atomic mass is 10.0. The Morgan fingerprint density at radius 3 is 3.23 bits per heavy atom. The Labute approximate surface area is 82.8 Å². The lowest BCUT2D eigenvalue weighted by Gasteiger charge is -2.07. The molecule has 0 bridgehead atoms. The number of hydrogen-bond donors (Lipinski definition) is 2. The number of carbonyl (C=O) groups excluding carboxylic acids is 1. The maximum atomic E-state index is 11.2. The Morgan fingerprint density at radius 1 is 1.92 bits per heavy atom. The Hall–Kier alpha value is -1.35. The fourth-order valence-corrected chi connectivity index (χ4v) is 0.776. The molecule has 0 aliphatic carbocycles. The fraction of sp³-hybridized carbons (Fsp3) is 0.300. The summed E-state index contributed by atoms with van der Waals surface area (Å²) in [6, 6.07) is -0.548. The van der Waals surface area contributed by atoms with Crippen LogP contribution in [0.2, 0.25) is 0 Å². The third kappa shape index (κ3) is 2.87. The van der Waals surface area contributed by atoms with E-state index in [0.717, 1.165) is 19.1 Å². The third-order valence-electron chi connectivity index (χ3n) is 1.47. The van der Waals surface area contributed by atoms with Gasteiger partial charge in [0.05, 0.1) is 10.1 Å². The third-order valence-corrected chi connectivity index (χ3v) is 1.47. The number of rotatable bonds is 3. The summed E-state index contributed by atoms with van der Waals surface area (Å²) in [6.07, 6.45) is -1.49. The van der Waals surface area contributed by atoms with Crippen LogP contribution in [0.4, 0.5) is 0 Å². The molecule has 0 aliphatic rings. The van der Waals surface area contributed by atoms with Crippen LogP contribution in [-0.2, 0) is 11.2 Å². The van der Waals surface area contributed by atoms with E-state index in [-0.39, 0.29) is 17.6 Å². The molecular formula is C10H13NO2. The van der Waals surface area contributed by atoms with Crippen LogP contribution in [0.25, 0.3) is 0 Å². The van der Waals surface area contributed by atoms with E-state index >= 15 is 0 Å². The molecule has 0 radical (unpaired) electrons. The van der Waals surface area contributed by atoms with Gasteiger partial charge >= 0.3 is 0 Å². The van der Waals surface area contributed by atoms with E-state index in [1.807, 2.05) is 0 Å². The van der Waals surface area contributed by atoms with Crippen molar-refractivity contribution in [3.8, 4) is 5.75 Å². The van der Waals surface area contributed by atoms with Crippen LogP contribution in [0.5, 0.6) is 5.75 Å². The predicted octanol–water partition coefficient (Wildman–Crippen LogP) is 0.851. The van der Waals surface area contributed by atoms with Crippen molar-refractivity contribution >= 4 is 5.78 Å². The second kappa shape index (κ2) is 4.05. The van der Waals surface area contributed by atoms with Crippen LogP contribution in [0.1, 0.15) is 18.0 Å². The van der Waals surface area contributed by atoms with Crippen LogP contribution >= 0.6 is 0 Å². The van der Waals surface area contributed by atoms with Gasteiger partial charge in [0, 0.05) is 1.37 Å². The number of hydrogen-bond acceptors (Lipinski definition) is 3. The minimum atomic E-state index is -2.17. The largest absolute Gasteiger partial charge is 0.508 e. The molecule has 0 aromatic heterocycles. The summed E-state index contributed by atoms with van der Waals surface area (Å²) in [6.45, 7) is 1.09. The molecule has 0 fully saturated rings. The van der Waals surface area contributed by atoms with Gasteiger partial charge in [0.25, 0.3) is 0 Å². The SMILES string of the molecule is [2H]c1cc([2H])c(C([2H])[C@]([2H])(N)C(C)=O)cc1O. The molecular weight excluding hydrogens is 166 g/mol. The van der Waals surface area contributed by atoms with Crippen molar-refractivity contribution in [2.75, 3.05) is 0 Å². The summed E-state index contributed by atoms with van der Waals surface area (Å²) in [5.41, 5.74) is 5.36. The summed E-state index contributed by atoms with van der Waals surface area (Å²) in [4.78, 5) is 11.2. The highest BCUT2D eigenvalue weighted by Gasteiger charge is 2.08. The average Bonchev–Trinajstić information content (AvgIpc) is 2.22. The quantitative estimate of drug-likeness (QED) is 0.730. The van der Waals surface area contributed by atoms with E-state index in [1.165, 1.54) is 0 Å². The van der Waals surface area contributed by atoms with Gasteiger partial charge in [-0.05, 0) is 31.0 Å². The normalized spacial score (nSPS) is 21.7. The maximum absolute atomic E-state index is 11.2. The lowest BCUT2D eigenvalue weighted by molar-refractivity contribution is -0.118. The van der Waals surface area contributed by atoms with Crippen molar-refractivity contribution in [1.82, 2.24) is 0 Å². The van der Waals surface area contributed by atoms with E-state index < -0.39 is 23.9 Å². The summed E-state index contributed by atoms with van der Waals surface area (Å²) >= 11 is 0. The molecule has 0 amide bonds. The zero-order valence-electron chi connectivity index (χ0n) is 11.2. The monoisotopic (exact) mass is 183 g/mol. The van der Waals surface area contributed by atoms with Gasteiger partial charge in [-0.3, -0.25) is 4.79 Å². The molecule has 0 saturated heterocycles. The van der Waals surface area contributed by atoms with Crippen LogP contribution in [0.15, 0.2) is 24.2 Å². The Morgan fingerprint density at radius 2 is 2.62 bits per heavy atom. The van der Waals surface area contributed by atoms with Crippen molar-refractivity contribution in [2.24, 2.45) is 5.73 Å². The smallest absolute Gasteiger partial charge is 0.146 e. The molecule has 3 nitrogen and oxygen atoms in total. The average molecular weight is 183 g/mol. The molecule has 13 heavy (non-hydrogen) atoms. The number of Topliss-reactive ketones (excluding diaryl/α,β-unsaturated/α-hetero) is 1. The zero-order chi connectivity index (χ0) is 13.4. The van der Waals surface area contributed by atoms with Crippen LogP contribution < -0.4 is 5.73 Å². The second-order valence-electron chi connectivity index (χ2n) is 2.57. The van der Waals surface area contributed by atoms with Gasteiger partial charge < -0.3 is 10.8 Å². The van der Waals surface area contributed by atoms with Crippen LogP contribution in [0.3, 0.4) is 0 Å². The highest BCUT2D eigenvalue weighted by molar-refractivity contribution is 5.81. The lowest BCUT2D eigenvalue weighted by Crippen LogP contribution is -2.30. The highest BCUT2D eigenvalue weighted by atomic mass is 16.3. The molecule has 3 N–H and O–H groups in total. The predicted molar refractivity (Wildman–Crippen MR) is 50.5 cm³/mol. The van der Waals surface area contributed by atoms with E-state index in [4.69, 9.17) is 11.2 Å². The van der Waals surface area contributed by atoms with E-state index in [1.54, 1.807) is 0 Å². The van der Waals surface area contributed by atoms with Crippen molar-refractivity contribution in [3.63, 3.8) is 0 Å². The number of carbonyl (C=O) groups is 1. The molecule has 1 rings (SSSR count). The van der Waals surface area contributed by atoms with Gasteiger partial charge in [0.2, 0.25) is 0 Å². The van der Waals surface area contributed by atoms with Crippen molar-refractivity contribution in [2.45, 2.75) is 19.3 Å². The molecule has 3 heteroatoms. The minimum absolute atomic E-state index is 0.0498. The Bertz CT molecular complexity index is 462. The van der Waals surface area contributed by atoms with Gasteiger partial charge in [-0.15, -0.1) is 0 Å². The molecule has 0 saturated carbocycles. The van der Waals surface area contributed by atoms with E-state index in [2.05, 4.69) is 0 Å². The first kappa shape index (κ1) is 5.40. The highest BCUT2D eigenvalue weighted by Crippen LogP contribution is 2.12. The Balaban J connectivity index is 3.26. The fourth-order valence-electron chi connectivity index (χ4n) is 0.776. The first-order chi connectivity index (χ1) is 7.67. The summed E-state index contributed by atoms with van der Waals surface area (Å²) in [5.74, 6) is -1.11. The Kier molecular flexibility index (Phi) is 1.68. The standard InChI is InChI=1S/C10H13NO2/c1-7(12)10(11)6-8-3-2-4-9(13)5-8/h2-5,10,13H,6,11H2,1H3/t10-/m0/s1/i3D,4D,6D,10D/t6?,10-. The van der Waals surface area contributed by atoms with Crippen molar-refractivity contribution < 1.29 is 15.4 Å². The minimum Gasteiger partial charge on any atom is -0.508 e. The number of aromatic hydroxyl groups is 1. The van der Waals surface area contributed by atoms with Gasteiger partial charge in [0.1, 0.15) is 11.5 Å². The molecule has 1 aromatic carbocycles. The van der Waals surface area contributed by atoms with Gasteiger partial charge in [0.15, 0.2) is 0 Å². The van der Waals surface area contributed by atoms with E-state index in [0.29, 0.717) is 0 Å². The number of benzene rings is 1. The van der Waals surface area contributed by atoms with Crippen molar-refractivity contribution in [3.05, 3.63) is 29.8 Å². The van der Waals surface area contributed by atoms with Crippen LogP contribution in [0, 0.1) is 0 Å². The summed E-state index contributed by atoms with van der Waals surface area (Å²) in [7, 11) is 0. The second-order valence-corrected chi connectivity index (χ2v) is 2.57. The van der Waals surface area contributed by atoms with Crippen LogP contribution in [-0.4, -0.2) is 16.9 Å². The van der Waals surface area contributed by atoms with Crippen molar-refractivity contribution in [1.29, 1.82) is 0 Å². The molecule has 0 heterocycles. The number of phenols is 1. The molecule has 1 unspecified atom stereocenters. The van der Waals surface area contributed by atoms with E-state index in [9.17, 15) is 9.90 Å². The molecule has 0 spiro atoms. The number of nitrogens with two attached hydrogens (primary N) is 1. The van der Waals surface area contributed by atoms with Gasteiger partial charge in [-0.2, -0.15) is 0 Å². The van der Waals surface area contributed by atoms with Gasteiger partial charge in [-0.25, -0.2) is 0 Å². The zero-order valence-corrected chi connectivity index (χ0v) is 7.16. The summed E-state index contributed by atoms with van der Waals surface area (Å²) < 4.78 is 30.1. The summed E-state index contributed by atoms with van der Waals surface area (Å²) in [5, 5.41) is 9.34. The first-order valence-electron chi connectivity index (χ1n) is 5.78. The topological polar surface area (TPSA) is 63.3 Å².